The Hall–Kier alpha value is -1.06. The van der Waals surface area contributed by atoms with Crippen molar-refractivity contribution in [1.29, 1.82) is 0 Å². The van der Waals surface area contributed by atoms with E-state index in [0.717, 1.165) is 25.0 Å². The molecule has 1 aromatic carbocycles. The number of para-hydroxylation sites is 1. The highest BCUT2D eigenvalue weighted by molar-refractivity contribution is 5.37. The van der Waals surface area contributed by atoms with Crippen LogP contribution in [0.2, 0.25) is 0 Å². The van der Waals surface area contributed by atoms with Crippen molar-refractivity contribution in [3.05, 3.63) is 29.8 Å². The van der Waals surface area contributed by atoms with Crippen LogP contribution in [0.3, 0.4) is 0 Å². The maximum atomic E-state index is 10.1. The van der Waals surface area contributed by atoms with E-state index in [1.54, 1.807) is 0 Å². The van der Waals surface area contributed by atoms with Gasteiger partial charge < -0.3 is 14.9 Å². The average Bonchev–Trinajstić information content (AvgIpc) is 3.22. The summed E-state index contributed by atoms with van der Waals surface area (Å²) in [6.45, 7) is 0.702. The molecule has 18 heavy (non-hydrogen) atoms. The van der Waals surface area contributed by atoms with Crippen LogP contribution >= 0.6 is 0 Å². The van der Waals surface area contributed by atoms with Crippen molar-refractivity contribution in [3.8, 4) is 5.75 Å². The van der Waals surface area contributed by atoms with Crippen LogP contribution in [0.1, 0.15) is 37.2 Å². The number of rotatable bonds is 4. The second-order valence-electron chi connectivity index (χ2n) is 5.50. The molecule has 0 bridgehead atoms. The first-order chi connectivity index (χ1) is 8.75. The molecule has 1 aliphatic heterocycles. The lowest BCUT2D eigenvalue weighted by atomic mass is 9.86. The van der Waals surface area contributed by atoms with Crippen molar-refractivity contribution >= 4 is 0 Å². The van der Waals surface area contributed by atoms with Crippen LogP contribution in [-0.4, -0.2) is 29.0 Å². The van der Waals surface area contributed by atoms with Crippen molar-refractivity contribution in [1.82, 2.24) is 0 Å². The number of aliphatic hydroxyl groups is 2. The zero-order chi connectivity index (χ0) is 12.5. The molecule has 0 saturated heterocycles. The Morgan fingerprint density at radius 1 is 1.17 bits per heavy atom. The lowest BCUT2D eigenvalue weighted by Crippen LogP contribution is -2.30. The number of hydrogen-bond donors (Lipinski definition) is 2. The molecule has 1 aromatic rings. The van der Waals surface area contributed by atoms with Gasteiger partial charge in [-0.25, -0.2) is 0 Å². The SMILES string of the molecule is OC(CC1CCOc2ccccc21)C(O)C1CC1. The van der Waals surface area contributed by atoms with Crippen LogP contribution in [0.5, 0.6) is 5.75 Å². The number of hydrogen-bond acceptors (Lipinski definition) is 3. The van der Waals surface area contributed by atoms with E-state index in [4.69, 9.17) is 4.74 Å². The summed E-state index contributed by atoms with van der Waals surface area (Å²) >= 11 is 0. The summed E-state index contributed by atoms with van der Waals surface area (Å²) in [7, 11) is 0. The molecular weight excluding hydrogens is 228 g/mol. The van der Waals surface area contributed by atoms with Crippen LogP contribution in [-0.2, 0) is 0 Å². The highest BCUT2D eigenvalue weighted by atomic mass is 16.5. The van der Waals surface area contributed by atoms with Crippen LogP contribution in [0.4, 0.5) is 0 Å². The van der Waals surface area contributed by atoms with E-state index >= 15 is 0 Å². The lowest BCUT2D eigenvalue weighted by Gasteiger charge is -2.29. The van der Waals surface area contributed by atoms with Crippen LogP contribution in [0.25, 0.3) is 0 Å². The van der Waals surface area contributed by atoms with Gasteiger partial charge in [-0.05, 0) is 49.1 Å². The molecule has 1 saturated carbocycles. The quantitative estimate of drug-likeness (QED) is 0.857. The van der Waals surface area contributed by atoms with Crippen molar-refractivity contribution in [2.45, 2.75) is 43.8 Å². The van der Waals surface area contributed by atoms with E-state index in [1.165, 1.54) is 5.56 Å². The first-order valence-electron chi connectivity index (χ1n) is 6.83. The first-order valence-corrected chi connectivity index (χ1v) is 6.83. The van der Waals surface area contributed by atoms with Gasteiger partial charge in [0.15, 0.2) is 0 Å². The Labute approximate surface area is 107 Å². The lowest BCUT2D eigenvalue weighted by molar-refractivity contribution is -0.00420. The highest BCUT2D eigenvalue weighted by Gasteiger charge is 2.36. The number of ether oxygens (including phenoxy) is 1. The molecule has 98 valence electrons. The zero-order valence-corrected chi connectivity index (χ0v) is 10.5. The molecule has 1 heterocycles. The second kappa shape index (κ2) is 4.90. The van der Waals surface area contributed by atoms with E-state index in [0.29, 0.717) is 24.9 Å². The molecule has 3 rings (SSSR count). The summed E-state index contributed by atoms with van der Waals surface area (Å²) < 4.78 is 5.61. The van der Waals surface area contributed by atoms with E-state index in [1.807, 2.05) is 18.2 Å². The minimum atomic E-state index is -0.603. The third-order valence-corrected chi connectivity index (χ3v) is 4.11. The van der Waals surface area contributed by atoms with Gasteiger partial charge in [0.1, 0.15) is 5.75 Å². The summed E-state index contributed by atoms with van der Waals surface area (Å²) in [5.74, 6) is 1.57. The Morgan fingerprint density at radius 2 is 1.94 bits per heavy atom. The predicted molar refractivity (Wildman–Crippen MR) is 68.6 cm³/mol. The van der Waals surface area contributed by atoms with Crippen molar-refractivity contribution in [2.24, 2.45) is 5.92 Å². The van der Waals surface area contributed by atoms with Crippen LogP contribution in [0.15, 0.2) is 24.3 Å². The molecule has 2 N–H and O–H groups in total. The molecule has 3 nitrogen and oxygen atoms in total. The van der Waals surface area contributed by atoms with Crippen LogP contribution in [0, 0.1) is 5.92 Å². The minimum absolute atomic E-state index is 0.304. The van der Waals surface area contributed by atoms with Gasteiger partial charge in [-0.1, -0.05) is 18.2 Å². The molecular formula is C15H20O3. The smallest absolute Gasteiger partial charge is 0.122 e. The molecule has 0 aromatic heterocycles. The van der Waals surface area contributed by atoms with E-state index < -0.39 is 12.2 Å². The Kier molecular flexibility index (Phi) is 3.27. The monoisotopic (exact) mass is 248 g/mol. The fourth-order valence-electron chi connectivity index (χ4n) is 2.84. The molecule has 1 fully saturated rings. The van der Waals surface area contributed by atoms with Gasteiger partial charge in [0.2, 0.25) is 0 Å². The van der Waals surface area contributed by atoms with Crippen molar-refractivity contribution < 1.29 is 14.9 Å². The molecule has 3 atom stereocenters. The summed E-state index contributed by atoms with van der Waals surface area (Å²) in [6, 6.07) is 8.02. The van der Waals surface area contributed by atoms with Gasteiger partial charge in [0.05, 0.1) is 18.8 Å². The maximum Gasteiger partial charge on any atom is 0.122 e. The Morgan fingerprint density at radius 3 is 2.72 bits per heavy atom. The van der Waals surface area contributed by atoms with Crippen molar-refractivity contribution in [3.63, 3.8) is 0 Å². The van der Waals surface area contributed by atoms with Gasteiger partial charge in [-0.2, -0.15) is 0 Å². The standard InChI is InChI=1S/C15H20O3/c16-13(15(17)10-5-6-10)9-11-7-8-18-14-4-2-1-3-12(11)14/h1-4,10-11,13,15-17H,5-9H2. The van der Waals surface area contributed by atoms with E-state index in [2.05, 4.69) is 6.07 Å². The summed E-state index contributed by atoms with van der Waals surface area (Å²) in [6.07, 6.45) is 2.53. The largest absolute Gasteiger partial charge is 0.493 e. The average molecular weight is 248 g/mol. The third-order valence-electron chi connectivity index (χ3n) is 4.11. The zero-order valence-electron chi connectivity index (χ0n) is 10.5. The molecule has 0 amide bonds. The fraction of sp³-hybridized carbons (Fsp3) is 0.600. The van der Waals surface area contributed by atoms with Crippen LogP contribution < -0.4 is 4.74 Å². The van der Waals surface area contributed by atoms with Gasteiger partial charge >= 0.3 is 0 Å². The van der Waals surface area contributed by atoms with Crippen molar-refractivity contribution in [2.75, 3.05) is 6.61 Å². The molecule has 2 aliphatic rings. The fourth-order valence-corrected chi connectivity index (χ4v) is 2.84. The number of aliphatic hydroxyl groups excluding tert-OH is 2. The highest BCUT2D eigenvalue weighted by Crippen LogP contribution is 2.39. The topological polar surface area (TPSA) is 49.7 Å². The number of fused-ring (bicyclic) bond motifs is 1. The molecule has 0 radical (unpaired) electrons. The first kappa shape index (κ1) is 12.0. The van der Waals surface area contributed by atoms with E-state index in [-0.39, 0.29) is 0 Å². The van der Waals surface area contributed by atoms with E-state index in [9.17, 15) is 10.2 Å². The summed E-state index contributed by atoms with van der Waals surface area (Å²) in [5, 5.41) is 20.1. The van der Waals surface area contributed by atoms with Gasteiger partial charge in [0, 0.05) is 0 Å². The Balaban J connectivity index is 1.69. The minimum Gasteiger partial charge on any atom is -0.493 e. The second-order valence-corrected chi connectivity index (χ2v) is 5.50. The molecule has 3 unspecified atom stereocenters. The summed E-state index contributed by atoms with van der Waals surface area (Å²) in [5.41, 5.74) is 1.17. The number of benzene rings is 1. The summed E-state index contributed by atoms with van der Waals surface area (Å²) in [4.78, 5) is 0. The predicted octanol–water partition coefficient (Wildman–Crippen LogP) is 2.07. The maximum absolute atomic E-state index is 10.1. The van der Waals surface area contributed by atoms with Gasteiger partial charge in [-0.15, -0.1) is 0 Å². The van der Waals surface area contributed by atoms with Gasteiger partial charge in [0.25, 0.3) is 0 Å². The third kappa shape index (κ3) is 2.38. The van der Waals surface area contributed by atoms with Gasteiger partial charge in [-0.3, -0.25) is 0 Å². The molecule has 1 aliphatic carbocycles. The molecule has 0 spiro atoms. The Bertz CT molecular complexity index is 414. The normalized spacial score (nSPS) is 26.0. The molecule has 3 heteroatoms.